The van der Waals surface area contributed by atoms with Crippen molar-refractivity contribution < 1.29 is 14.5 Å². The van der Waals surface area contributed by atoms with Gasteiger partial charge < -0.3 is 10.6 Å². The lowest BCUT2D eigenvalue weighted by Gasteiger charge is -2.29. The fourth-order valence-corrected chi connectivity index (χ4v) is 4.65. The van der Waals surface area contributed by atoms with Crippen molar-refractivity contribution in [2.45, 2.75) is 19.4 Å². The van der Waals surface area contributed by atoms with E-state index < -0.39 is 10.8 Å². The number of rotatable bonds is 5. The summed E-state index contributed by atoms with van der Waals surface area (Å²) in [6.07, 6.45) is 0. The summed E-state index contributed by atoms with van der Waals surface area (Å²) in [6.45, 7) is 2.11. The van der Waals surface area contributed by atoms with Crippen LogP contribution in [0.4, 0.5) is 5.69 Å². The van der Waals surface area contributed by atoms with Crippen LogP contribution in [0.1, 0.15) is 39.9 Å². The molecule has 0 unspecified atom stereocenters. The minimum absolute atomic E-state index is 0.0946. The van der Waals surface area contributed by atoms with Gasteiger partial charge in [-0.05, 0) is 18.1 Å². The Bertz CT molecular complexity index is 1410. The fourth-order valence-electron chi connectivity index (χ4n) is 4.65. The summed E-state index contributed by atoms with van der Waals surface area (Å²) in [6, 6.07) is 22.9. The number of hydrogen-bond donors (Lipinski definition) is 2. The number of non-ortho nitro benzene ring substituents is 1. The molecule has 1 amide bonds. The van der Waals surface area contributed by atoms with Crippen molar-refractivity contribution in [3.8, 4) is 0 Å². The molecule has 3 aromatic rings. The van der Waals surface area contributed by atoms with Crippen LogP contribution in [0.25, 0.3) is 5.70 Å². The van der Waals surface area contributed by atoms with Crippen LogP contribution < -0.4 is 10.6 Å². The predicted octanol–water partition coefficient (Wildman–Crippen LogP) is 4.48. The number of nitrogens with one attached hydrogen (secondary N) is 2. The van der Waals surface area contributed by atoms with Crippen LogP contribution in [-0.4, -0.2) is 16.6 Å². The maximum absolute atomic E-state index is 13.5. The van der Waals surface area contributed by atoms with E-state index in [0.717, 1.165) is 11.1 Å². The Kier molecular flexibility index (Phi) is 5.30. The quantitative estimate of drug-likeness (QED) is 0.440. The first-order valence-corrected chi connectivity index (χ1v) is 10.9. The highest BCUT2D eigenvalue weighted by Crippen LogP contribution is 2.46. The third-order valence-corrected chi connectivity index (χ3v) is 6.20. The Labute approximate surface area is 196 Å². The summed E-state index contributed by atoms with van der Waals surface area (Å²) in [4.78, 5) is 38.0. The molecule has 7 nitrogen and oxygen atoms in total. The van der Waals surface area contributed by atoms with Gasteiger partial charge in [0.15, 0.2) is 5.78 Å². The standard InChI is InChI=1S/C27H21N3O4/c1-16-22(27(32)28-15-17-8-3-2-4-9-17)23(18-10-7-11-19(14-18)30(33)34)24-25(29-16)20-12-5-6-13-21(20)26(24)31/h2-14,23,29H,15H2,1H3,(H,28,32)/t23-/m1/s1. The maximum Gasteiger partial charge on any atom is 0.269 e. The highest BCUT2D eigenvalue weighted by Gasteiger charge is 2.42. The smallest absolute Gasteiger partial charge is 0.269 e. The van der Waals surface area contributed by atoms with Crippen molar-refractivity contribution in [2.75, 3.05) is 0 Å². The number of nitro groups is 1. The molecular formula is C27H21N3O4. The third-order valence-electron chi connectivity index (χ3n) is 6.20. The molecular weight excluding hydrogens is 430 g/mol. The summed E-state index contributed by atoms with van der Waals surface area (Å²) in [5.74, 6) is -1.26. The zero-order valence-corrected chi connectivity index (χ0v) is 18.4. The van der Waals surface area contributed by atoms with Crippen LogP contribution in [0.5, 0.6) is 0 Å². The molecule has 34 heavy (non-hydrogen) atoms. The first kappa shape index (κ1) is 21.3. The molecule has 0 bridgehead atoms. The number of fused-ring (bicyclic) bond motifs is 2. The minimum atomic E-state index is -0.744. The van der Waals surface area contributed by atoms with E-state index in [9.17, 15) is 19.7 Å². The molecule has 5 rings (SSSR count). The van der Waals surface area contributed by atoms with E-state index in [4.69, 9.17) is 0 Å². The maximum atomic E-state index is 13.5. The van der Waals surface area contributed by atoms with Gasteiger partial charge in [-0.3, -0.25) is 19.7 Å². The van der Waals surface area contributed by atoms with Crippen LogP contribution >= 0.6 is 0 Å². The van der Waals surface area contributed by atoms with Crippen LogP contribution in [0.15, 0.2) is 95.7 Å². The Morgan fingerprint density at radius 3 is 2.44 bits per heavy atom. The number of nitrogens with zero attached hydrogens (tertiary/aromatic N) is 1. The molecule has 7 heteroatoms. The third kappa shape index (κ3) is 3.57. The molecule has 0 aromatic heterocycles. The molecule has 2 aliphatic rings. The van der Waals surface area contributed by atoms with Gasteiger partial charge in [0.1, 0.15) is 0 Å². The summed E-state index contributed by atoms with van der Waals surface area (Å²) in [5, 5.41) is 17.7. The molecule has 0 saturated carbocycles. The van der Waals surface area contributed by atoms with E-state index in [1.807, 2.05) is 42.5 Å². The number of allylic oxidation sites excluding steroid dienone is 2. The number of amides is 1. The van der Waals surface area contributed by atoms with Gasteiger partial charge in [-0.1, -0.05) is 66.7 Å². The molecule has 168 valence electrons. The zero-order valence-electron chi connectivity index (χ0n) is 18.4. The highest BCUT2D eigenvalue weighted by atomic mass is 16.6. The molecule has 0 fully saturated rings. The highest BCUT2D eigenvalue weighted by molar-refractivity contribution is 6.23. The molecule has 1 aliphatic heterocycles. The second kappa shape index (κ2) is 8.44. The van der Waals surface area contributed by atoms with Crippen molar-refractivity contribution in [1.82, 2.24) is 10.6 Å². The number of nitro benzene ring substituents is 1. The molecule has 0 spiro atoms. The van der Waals surface area contributed by atoms with Crippen molar-refractivity contribution in [3.05, 3.63) is 128 Å². The molecule has 3 aromatic carbocycles. The van der Waals surface area contributed by atoms with Crippen molar-refractivity contribution in [2.24, 2.45) is 0 Å². The topological polar surface area (TPSA) is 101 Å². The predicted molar refractivity (Wildman–Crippen MR) is 128 cm³/mol. The second-order valence-corrected chi connectivity index (χ2v) is 8.28. The molecule has 2 N–H and O–H groups in total. The molecule has 0 saturated heterocycles. The number of carbonyl (C=O) groups is 2. The van der Waals surface area contributed by atoms with Gasteiger partial charge in [0.25, 0.3) is 5.69 Å². The zero-order chi connectivity index (χ0) is 23.8. The van der Waals surface area contributed by atoms with E-state index >= 15 is 0 Å². The number of ketones is 1. The SMILES string of the molecule is CC1=C(C(=O)NCc2ccccc2)[C@@H](c2cccc([N+](=O)[O-])c2)C2=C(N1)c1ccccc1C2=O. The van der Waals surface area contributed by atoms with Crippen LogP contribution in [0, 0.1) is 10.1 Å². The van der Waals surface area contributed by atoms with Crippen LogP contribution in [-0.2, 0) is 11.3 Å². The monoisotopic (exact) mass is 451 g/mol. The number of hydrogen-bond acceptors (Lipinski definition) is 5. The van der Waals surface area contributed by atoms with E-state index in [-0.39, 0.29) is 17.4 Å². The molecule has 1 aliphatic carbocycles. The van der Waals surface area contributed by atoms with Crippen molar-refractivity contribution in [1.29, 1.82) is 0 Å². The van der Waals surface area contributed by atoms with Crippen LogP contribution in [0.2, 0.25) is 0 Å². The van der Waals surface area contributed by atoms with Gasteiger partial charge in [0.05, 0.1) is 10.6 Å². The Morgan fingerprint density at radius 1 is 1.00 bits per heavy atom. The largest absolute Gasteiger partial charge is 0.358 e. The molecule has 1 atom stereocenters. The van der Waals surface area contributed by atoms with E-state index in [1.165, 1.54) is 12.1 Å². The van der Waals surface area contributed by atoms with Gasteiger partial charge in [-0.25, -0.2) is 0 Å². The second-order valence-electron chi connectivity index (χ2n) is 8.28. The molecule has 0 radical (unpaired) electrons. The lowest BCUT2D eigenvalue weighted by atomic mass is 9.79. The normalized spacial score (nSPS) is 16.6. The van der Waals surface area contributed by atoms with Crippen LogP contribution in [0.3, 0.4) is 0 Å². The fraction of sp³-hybridized carbons (Fsp3) is 0.111. The lowest BCUT2D eigenvalue weighted by molar-refractivity contribution is -0.384. The Balaban J connectivity index is 1.60. The lowest BCUT2D eigenvalue weighted by Crippen LogP contribution is -2.34. The number of dihydropyridines is 1. The van der Waals surface area contributed by atoms with Gasteiger partial charge in [0, 0.05) is 52.6 Å². The van der Waals surface area contributed by atoms with Gasteiger partial charge in [-0.2, -0.15) is 0 Å². The first-order chi connectivity index (χ1) is 16.5. The first-order valence-electron chi connectivity index (χ1n) is 10.9. The van der Waals surface area contributed by atoms with E-state index in [2.05, 4.69) is 10.6 Å². The Morgan fingerprint density at radius 2 is 1.71 bits per heavy atom. The number of Topliss-reactive ketones (excluding diaryl/α,β-unsaturated/α-hetero) is 1. The molecule has 1 heterocycles. The average molecular weight is 451 g/mol. The van der Waals surface area contributed by atoms with Gasteiger partial charge >= 0.3 is 0 Å². The van der Waals surface area contributed by atoms with Crippen molar-refractivity contribution in [3.63, 3.8) is 0 Å². The van der Waals surface area contributed by atoms with Gasteiger partial charge in [-0.15, -0.1) is 0 Å². The van der Waals surface area contributed by atoms with Gasteiger partial charge in [0.2, 0.25) is 5.91 Å². The summed E-state index contributed by atoms with van der Waals surface area (Å²) in [5.41, 5.74) is 4.73. The number of carbonyl (C=O) groups excluding carboxylic acids is 2. The summed E-state index contributed by atoms with van der Waals surface area (Å²) < 4.78 is 0. The van der Waals surface area contributed by atoms with E-state index in [1.54, 1.807) is 31.2 Å². The number of benzene rings is 3. The average Bonchev–Trinajstić information content (AvgIpc) is 3.14. The summed E-state index contributed by atoms with van der Waals surface area (Å²) >= 11 is 0. The van der Waals surface area contributed by atoms with E-state index in [0.29, 0.717) is 40.2 Å². The summed E-state index contributed by atoms with van der Waals surface area (Å²) in [7, 11) is 0. The van der Waals surface area contributed by atoms with Crippen molar-refractivity contribution >= 4 is 23.1 Å². The Hall–Kier alpha value is -4.52. The minimum Gasteiger partial charge on any atom is -0.358 e.